The first-order chi connectivity index (χ1) is 9.74. The number of hydrogen-bond donors (Lipinski definition) is 1. The smallest absolute Gasteiger partial charge is 0.272 e. The lowest BCUT2D eigenvalue weighted by atomic mass is 10.1. The summed E-state index contributed by atoms with van der Waals surface area (Å²) in [7, 11) is 0. The molecule has 5 heteroatoms. The number of hydrogen-bond acceptors (Lipinski definition) is 4. The number of anilines is 1. The quantitative estimate of drug-likeness (QED) is 0.884. The summed E-state index contributed by atoms with van der Waals surface area (Å²) < 4.78 is 0. The number of likely N-dealkylation sites (tertiary alicyclic amines) is 2. The molecule has 2 aliphatic heterocycles. The largest absolute Gasteiger partial charge is 0.384 e. The number of piperidine rings is 1. The number of nitrogens with two attached hydrogens (primary N) is 1. The molecule has 1 amide bonds. The second-order valence-corrected chi connectivity index (χ2v) is 5.74. The van der Waals surface area contributed by atoms with Crippen molar-refractivity contribution in [2.75, 3.05) is 31.9 Å². The van der Waals surface area contributed by atoms with Gasteiger partial charge in [-0.25, -0.2) is 4.98 Å². The molecule has 0 aliphatic carbocycles. The highest BCUT2D eigenvalue weighted by molar-refractivity contribution is 5.92. The maximum atomic E-state index is 12.4. The predicted molar refractivity (Wildman–Crippen MR) is 78.4 cm³/mol. The van der Waals surface area contributed by atoms with Gasteiger partial charge in [-0.05, 0) is 44.5 Å². The minimum atomic E-state index is 0.0109. The topological polar surface area (TPSA) is 62.5 Å². The molecule has 2 N–H and O–H groups in total. The molecule has 5 nitrogen and oxygen atoms in total. The van der Waals surface area contributed by atoms with Crippen LogP contribution in [0.1, 0.15) is 36.2 Å². The summed E-state index contributed by atoms with van der Waals surface area (Å²) in [6, 6.07) is 5.76. The molecule has 0 bridgehead atoms. The molecule has 2 fully saturated rings. The first-order valence-electron chi connectivity index (χ1n) is 7.50. The van der Waals surface area contributed by atoms with Gasteiger partial charge in [-0.1, -0.05) is 12.5 Å². The predicted octanol–water partition coefficient (Wildman–Crippen LogP) is 1.36. The maximum Gasteiger partial charge on any atom is 0.272 e. The van der Waals surface area contributed by atoms with Crippen molar-refractivity contribution in [2.45, 2.75) is 31.7 Å². The average Bonchev–Trinajstić information content (AvgIpc) is 2.97. The van der Waals surface area contributed by atoms with Gasteiger partial charge >= 0.3 is 0 Å². The van der Waals surface area contributed by atoms with Gasteiger partial charge in [-0.2, -0.15) is 0 Å². The van der Waals surface area contributed by atoms with E-state index in [9.17, 15) is 4.79 Å². The molecule has 1 aromatic rings. The molecular weight excluding hydrogens is 252 g/mol. The van der Waals surface area contributed by atoms with Crippen LogP contribution in [0, 0.1) is 0 Å². The summed E-state index contributed by atoms with van der Waals surface area (Å²) >= 11 is 0. The van der Waals surface area contributed by atoms with E-state index in [0.29, 0.717) is 17.6 Å². The fraction of sp³-hybridized carbons (Fsp3) is 0.600. The van der Waals surface area contributed by atoms with Gasteiger partial charge < -0.3 is 10.6 Å². The zero-order valence-corrected chi connectivity index (χ0v) is 11.8. The van der Waals surface area contributed by atoms with E-state index in [1.807, 2.05) is 4.90 Å². The highest BCUT2D eigenvalue weighted by Crippen LogP contribution is 2.21. The Morgan fingerprint density at radius 1 is 1.20 bits per heavy atom. The number of nitrogen functional groups attached to an aromatic ring is 1. The fourth-order valence-electron chi connectivity index (χ4n) is 3.24. The highest BCUT2D eigenvalue weighted by Gasteiger charge is 2.31. The number of amides is 1. The maximum absolute atomic E-state index is 12.4. The van der Waals surface area contributed by atoms with Gasteiger partial charge in [0.25, 0.3) is 5.91 Å². The Bertz CT molecular complexity index is 485. The Morgan fingerprint density at radius 2 is 2.00 bits per heavy atom. The first kappa shape index (κ1) is 13.4. The number of aromatic nitrogens is 1. The van der Waals surface area contributed by atoms with E-state index in [-0.39, 0.29) is 5.91 Å². The molecule has 2 aliphatic rings. The van der Waals surface area contributed by atoms with Crippen LogP contribution in [-0.2, 0) is 0 Å². The molecule has 1 aromatic heterocycles. The second kappa shape index (κ2) is 5.79. The molecule has 108 valence electrons. The van der Waals surface area contributed by atoms with Gasteiger partial charge in [-0.3, -0.25) is 9.69 Å². The summed E-state index contributed by atoms with van der Waals surface area (Å²) in [4.78, 5) is 21.0. The van der Waals surface area contributed by atoms with Gasteiger partial charge in [0.15, 0.2) is 0 Å². The van der Waals surface area contributed by atoms with Crippen LogP contribution in [-0.4, -0.2) is 52.9 Å². The van der Waals surface area contributed by atoms with Crippen molar-refractivity contribution in [3.63, 3.8) is 0 Å². The highest BCUT2D eigenvalue weighted by atomic mass is 16.2. The average molecular weight is 274 g/mol. The monoisotopic (exact) mass is 274 g/mol. The lowest BCUT2D eigenvalue weighted by Gasteiger charge is -2.32. The number of rotatable bonds is 2. The molecule has 1 atom stereocenters. The molecule has 0 spiro atoms. The lowest BCUT2D eigenvalue weighted by Crippen LogP contribution is -2.41. The van der Waals surface area contributed by atoms with Gasteiger partial charge in [0, 0.05) is 19.1 Å². The molecule has 2 saturated heterocycles. The number of carbonyl (C=O) groups is 1. The second-order valence-electron chi connectivity index (χ2n) is 5.74. The van der Waals surface area contributed by atoms with E-state index < -0.39 is 0 Å². The molecule has 1 unspecified atom stereocenters. The van der Waals surface area contributed by atoms with Gasteiger partial charge in [-0.15, -0.1) is 0 Å². The summed E-state index contributed by atoms with van der Waals surface area (Å²) in [6.07, 6.45) is 5.01. The molecule has 0 aromatic carbocycles. The Morgan fingerprint density at radius 3 is 2.75 bits per heavy atom. The minimum Gasteiger partial charge on any atom is -0.384 e. The standard InChI is InChI=1S/C15H22N4O/c16-14-6-4-5-13(17-14)15(20)19-10-7-12(11-19)18-8-2-1-3-9-18/h4-6,12H,1-3,7-11H2,(H2,16,17). The van der Waals surface area contributed by atoms with Crippen LogP contribution in [0.5, 0.6) is 0 Å². The fourth-order valence-corrected chi connectivity index (χ4v) is 3.24. The summed E-state index contributed by atoms with van der Waals surface area (Å²) in [5.74, 6) is 0.416. The van der Waals surface area contributed by atoms with Crippen LogP contribution < -0.4 is 5.73 Å². The normalized spacial score (nSPS) is 24.0. The lowest BCUT2D eigenvalue weighted by molar-refractivity contribution is 0.0766. The Kier molecular flexibility index (Phi) is 3.87. The van der Waals surface area contributed by atoms with Crippen molar-refractivity contribution < 1.29 is 4.79 Å². The van der Waals surface area contributed by atoms with Crippen LogP contribution in [0.3, 0.4) is 0 Å². The van der Waals surface area contributed by atoms with Crippen LogP contribution in [0.2, 0.25) is 0 Å². The van der Waals surface area contributed by atoms with Gasteiger partial charge in [0.05, 0.1) is 0 Å². The van der Waals surface area contributed by atoms with Crippen molar-refractivity contribution in [3.8, 4) is 0 Å². The third-order valence-electron chi connectivity index (χ3n) is 4.35. The number of nitrogens with zero attached hydrogens (tertiary/aromatic N) is 3. The molecule has 3 heterocycles. The van der Waals surface area contributed by atoms with Crippen molar-refractivity contribution >= 4 is 11.7 Å². The number of carbonyl (C=O) groups excluding carboxylic acids is 1. The van der Waals surface area contributed by atoms with E-state index in [1.165, 1.54) is 32.4 Å². The molecule has 0 radical (unpaired) electrons. The third-order valence-corrected chi connectivity index (χ3v) is 4.35. The number of pyridine rings is 1. The van der Waals surface area contributed by atoms with Crippen molar-refractivity contribution in [1.82, 2.24) is 14.8 Å². The van der Waals surface area contributed by atoms with E-state index >= 15 is 0 Å². The molecule has 20 heavy (non-hydrogen) atoms. The summed E-state index contributed by atoms with van der Waals surface area (Å²) in [6.45, 7) is 4.03. The molecule has 3 rings (SSSR count). The Hall–Kier alpha value is -1.62. The van der Waals surface area contributed by atoms with E-state index in [0.717, 1.165) is 19.5 Å². The van der Waals surface area contributed by atoms with Crippen LogP contribution >= 0.6 is 0 Å². The minimum absolute atomic E-state index is 0.0109. The summed E-state index contributed by atoms with van der Waals surface area (Å²) in [5.41, 5.74) is 6.11. The zero-order chi connectivity index (χ0) is 13.9. The van der Waals surface area contributed by atoms with Crippen LogP contribution in [0.25, 0.3) is 0 Å². The van der Waals surface area contributed by atoms with Crippen LogP contribution in [0.15, 0.2) is 18.2 Å². The SMILES string of the molecule is Nc1cccc(C(=O)N2CCC(N3CCCCC3)C2)n1. The molecular formula is C15H22N4O. The van der Waals surface area contributed by atoms with E-state index in [4.69, 9.17) is 5.73 Å². The van der Waals surface area contributed by atoms with E-state index in [2.05, 4.69) is 9.88 Å². The van der Waals surface area contributed by atoms with Crippen LogP contribution in [0.4, 0.5) is 5.82 Å². The van der Waals surface area contributed by atoms with Gasteiger partial charge in [0.1, 0.15) is 11.5 Å². The first-order valence-corrected chi connectivity index (χ1v) is 7.50. The van der Waals surface area contributed by atoms with Crippen molar-refractivity contribution in [3.05, 3.63) is 23.9 Å². The van der Waals surface area contributed by atoms with Gasteiger partial charge in [0.2, 0.25) is 0 Å². The Balaban J connectivity index is 1.63. The third kappa shape index (κ3) is 2.77. The van der Waals surface area contributed by atoms with E-state index in [1.54, 1.807) is 18.2 Å². The summed E-state index contributed by atoms with van der Waals surface area (Å²) in [5, 5.41) is 0. The molecule has 0 saturated carbocycles. The van der Waals surface area contributed by atoms with Crippen molar-refractivity contribution in [2.24, 2.45) is 0 Å². The Labute approximate surface area is 119 Å². The van der Waals surface area contributed by atoms with Crippen molar-refractivity contribution in [1.29, 1.82) is 0 Å². The zero-order valence-electron chi connectivity index (χ0n) is 11.8.